The Bertz CT molecular complexity index is 272. The smallest absolute Gasteiger partial charge is 0.550 e. The number of carbonyl (C=O) groups is 1. The van der Waals surface area contributed by atoms with Crippen LogP contribution in [0.2, 0.25) is 0 Å². The van der Waals surface area contributed by atoms with Gasteiger partial charge in [-0.3, -0.25) is 0 Å². The zero-order valence-corrected chi connectivity index (χ0v) is 17.2. The molecule has 3 heteroatoms. The molecule has 0 unspecified atom stereocenters. The number of carboxylic acids is 1. The fourth-order valence-electron chi connectivity index (χ4n) is 2.10. The molecule has 2 nitrogen and oxygen atoms in total. The van der Waals surface area contributed by atoms with E-state index in [2.05, 4.69) is 31.2 Å². The van der Waals surface area contributed by atoms with Crippen molar-refractivity contribution in [2.75, 3.05) is 0 Å². The number of carbonyl (C=O) groups excluding carboxylic acids is 1. The Kier molecular flexibility index (Phi) is 23.4. The van der Waals surface area contributed by atoms with Crippen LogP contribution in [0.3, 0.4) is 0 Å². The van der Waals surface area contributed by atoms with Crippen molar-refractivity contribution in [3.63, 3.8) is 0 Å². The third-order valence-electron chi connectivity index (χ3n) is 3.36. The van der Waals surface area contributed by atoms with Crippen LogP contribution in [0.1, 0.15) is 84.0 Å². The normalized spacial score (nSPS) is 11.1. The standard InChI is InChI=1S/C18H32O2.K/c1-2-3-4-5-6-7-8-9-10-11-12-13-14-15-16-17-18(19)20;/h6-9H,2-5,10-17H2,1H3,(H,19,20);/q;+1/p-1/b7-6+,9-8+;. The molecule has 0 aliphatic carbocycles. The molecule has 116 valence electrons. The number of unbranched alkanes of at least 4 members (excludes halogenated alkanes) is 9. The molecule has 0 saturated carbocycles. The van der Waals surface area contributed by atoms with Crippen molar-refractivity contribution >= 4 is 5.97 Å². The molecule has 0 aromatic carbocycles. The Labute approximate surface area is 173 Å². The summed E-state index contributed by atoms with van der Waals surface area (Å²) in [7, 11) is 0. The first kappa shape index (κ1) is 23.8. The number of hydrogen-bond acceptors (Lipinski definition) is 2. The molecular weight excluding hydrogens is 287 g/mol. The van der Waals surface area contributed by atoms with Gasteiger partial charge < -0.3 is 9.90 Å². The minimum atomic E-state index is -0.919. The van der Waals surface area contributed by atoms with Crippen LogP contribution in [0, 0.1) is 0 Å². The summed E-state index contributed by atoms with van der Waals surface area (Å²) in [6, 6.07) is 0. The number of carboxylic acid groups (broad SMARTS) is 1. The molecule has 0 N–H and O–H groups in total. The summed E-state index contributed by atoms with van der Waals surface area (Å²) in [5.41, 5.74) is 0. The van der Waals surface area contributed by atoms with Gasteiger partial charge in [0.25, 0.3) is 0 Å². The van der Waals surface area contributed by atoms with Crippen molar-refractivity contribution < 1.29 is 61.3 Å². The van der Waals surface area contributed by atoms with Crippen molar-refractivity contribution in [1.82, 2.24) is 0 Å². The first-order valence-electron chi connectivity index (χ1n) is 8.29. The SMILES string of the molecule is CCCCC/C=C/C=C/CCCCCCCCC(=O)[O-].[K+]. The van der Waals surface area contributed by atoms with Crippen LogP contribution in [-0.2, 0) is 4.79 Å². The van der Waals surface area contributed by atoms with Gasteiger partial charge in [0, 0.05) is 5.97 Å². The number of hydrogen-bond donors (Lipinski definition) is 0. The van der Waals surface area contributed by atoms with Gasteiger partial charge in [0.1, 0.15) is 0 Å². The maximum absolute atomic E-state index is 10.2. The molecule has 0 atom stereocenters. The molecular formula is C18H31KO2. The summed E-state index contributed by atoms with van der Waals surface area (Å²) in [6.07, 6.45) is 21.9. The summed E-state index contributed by atoms with van der Waals surface area (Å²) in [5.74, 6) is -0.919. The van der Waals surface area contributed by atoms with Gasteiger partial charge in [-0.1, -0.05) is 69.8 Å². The second-order valence-electron chi connectivity index (χ2n) is 5.38. The van der Waals surface area contributed by atoms with Gasteiger partial charge in [0.05, 0.1) is 0 Å². The van der Waals surface area contributed by atoms with E-state index < -0.39 is 5.97 Å². The van der Waals surface area contributed by atoms with Crippen LogP contribution < -0.4 is 56.5 Å². The molecule has 0 spiro atoms. The molecule has 0 aromatic rings. The monoisotopic (exact) mass is 318 g/mol. The Morgan fingerprint density at radius 2 is 1.29 bits per heavy atom. The minimum absolute atomic E-state index is 0. The van der Waals surface area contributed by atoms with Gasteiger partial charge in [-0.05, 0) is 38.5 Å². The summed E-state index contributed by atoms with van der Waals surface area (Å²) in [5, 5.41) is 10.2. The Balaban J connectivity index is 0. The van der Waals surface area contributed by atoms with Crippen molar-refractivity contribution in [3.8, 4) is 0 Å². The third-order valence-corrected chi connectivity index (χ3v) is 3.36. The van der Waals surface area contributed by atoms with E-state index in [4.69, 9.17) is 0 Å². The molecule has 0 bridgehead atoms. The van der Waals surface area contributed by atoms with Gasteiger partial charge in [0.2, 0.25) is 0 Å². The summed E-state index contributed by atoms with van der Waals surface area (Å²) >= 11 is 0. The van der Waals surface area contributed by atoms with Crippen molar-refractivity contribution in [2.45, 2.75) is 84.0 Å². The fourth-order valence-corrected chi connectivity index (χ4v) is 2.10. The van der Waals surface area contributed by atoms with Crippen LogP contribution in [0.5, 0.6) is 0 Å². The predicted octanol–water partition coefficient (Wildman–Crippen LogP) is 1.55. The van der Waals surface area contributed by atoms with E-state index in [1.165, 1.54) is 44.9 Å². The van der Waals surface area contributed by atoms with Gasteiger partial charge in [-0.25, -0.2) is 0 Å². The number of rotatable bonds is 14. The van der Waals surface area contributed by atoms with E-state index in [0.29, 0.717) is 0 Å². The predicted molar refractivity (Wildman–Crippen MR) is 84.4 cm³/mol. The van der Waals surface area contributed by atoms with Gasteiger partial charge in [-0.15, -0.1) is 0 Å². The quantitative estimate of drug-likeness (QED) is 0.277. The fraction of sp³-hybridized carbons (Fsp3) is 0.722. The van der Waals surface area contributed by atoms with Crippen LogP contribution in [-0.4, -0.2) is 5.97 Å². The maximum Gasteiger partial charge on any atom is 1.00 e. The van der Waals surface area contributed by atoms with E-state index in [9.17, 15) is 9.90 Å². The third kappa shape index (κ3) is 23.0. The molecule has 0 radical (unpaired) electrons. The van der Waals surface area contributed by atoms with Gasteiger partial charge in [0.15, 0.2) is 0 Å². The van der Waals surface area contributed by atoms with Crippen molar-refractivity contribution in [2.24, 2.45) is 0 Å². The molecule has 0 heterocycles. The van der Waals surface area contributed by atoms with Crippen LogP contribution in [0.25, 0.3) is 0 Å². The first-order valence-corrected chi connectivity index (χ1v) is 8.29. The molecule has 0 rings (SSSR count). The van der Waals surface area contributed by atoms with E-state index in [-0.39, 0.29) is 57.8 Å². The molecule has 0 fully saturated rings. The van der Waals surface area contributed by atoms with E-state index in [1.807, 2.05) is 0 Å². The molecule has 0 aliphatic heterocycles. The van der Waals surface area contributed by atoms with Gasteiger partial charge in [-0.2, -0.15) is 0 Å². The number of allylic oxidation sites excluding steroid dienone is 4. The molecule has 0 saturated heterocycles. The second kappa shape index (κ2) is 20.6. The Morgan fingerprint density at radius 1 is 0.810 bits per heavy atom. The van der Waals surface area contributed by atoms with Crippen LogP contribution in [0.15, 0.2) is 24.3 Å². The van der Waals surface area contributed by atoms with Crippen LogP contribution in [0.4, 0.5) is 0 Å². The maximum atomic E-state index is 10.2. The molecule has 0 aromatic heterocycles. The molecule has 21 heavy (non-hydrogen) atoms. The van der Waals surface area contributed by atoms with E-state index in [1.54, 1.807) is 0 Å². The zero-order valence-electron chi connectivity index (χ0n) is 14.1. The summed E-state index contributed by atoms with van der Waals surface area (Å²) in [4.78, 5) is 10.2. The topological polar surface area (TPSA) is 40.1 Å². The largest absolute Gasteiger partial charge is 1.00 e. The minimum Gasteiger partial charge on any atom is -0.550 e. The first-order chi connectivity index (χ1) is 9.77. The van der Waals surface area contributed by atoms with E-state index >= 15 is 0 Å². The average Bonchev–Trinajstić information content (AvgIpc) is 2.43. The Hall–Kier alpha value is 0.586. The average molecular weight is 319 g/mol. The van der Waals surface area contributed by atoms with Gasteiger partial charge >= 0.3 is 51.4 Å². The van der Waals surface area contributed by atoms with Crippen LogP contribution >= 0.6 is 0 Å². The van der Waals surface area contributed by atoms with E-state index in [0.717, 1.165) is 25.7 Å². The zero-order chi connectivity index (χ0) is 14.9. The molecule has 0 amide bonds. The van der Waals surface area contributed by atoms with Crippen molar-refractivity contribution in [3.05, 3.63) is 24.3 Å². The Morgan fingerprint density at radius 3 is 1.81 bits per heavy atom. The molecule has 0 aliphatic rings. The summed E-state index contributed by atoms with van der Waals surface area (Å²) < 4.78 is 0. The van der Waals surface area contributed by atoms with Crippen molar-refractivity contribution in [1.29, 1.82) is 0 Å². The summed E-state index contributed by atoms with van der Waals surface area (Å²) in [6.45, 7) is 2.23. The number of aliphatic carboxylic acids is 1. The second-order valence-corrected chi connectivity index (χ2v) is 5.38.